The second-order valence-corrected chi connectivity index (χ2v) is 10.00. The molecule has 0 saturated heterocycles. The summed E-state index contributed by atoms with van der Waals surface area (Å²) >= 11 is 0. The first-order valence-electron chi connectivity index (χ1n) is 10.5. The average molecular weight is 453 g/mol. The van der Waals surface area contributed by atoms with Crippen LogP contribution in [0.2, 0.25) is 0 Å². The van der Waals surface area contributed by atoms with Gasteiger partial charge in [-0.1, -0.05) is 56.3 Å². The van der Waals surface area contributed by atoms with Gasteiger partial charge in [0.05, 0.1) is 10.6 Å². The van der Waals surface area contributed by atoms with Gasteiger partial charge in [0.2, 0.25) is 5.91 Å². The third-order valence-corrected chi connectivity index (χ3v) is 7.46. The molecule has 0 aromatic heterocycles. The molecule has 1 amide bonds. The van der Waals surface area contributed by atoms with Gasteiger partial charge < -0.3 is 5.32 Å². The molecule has 0 radical (unpaired) electrons. The van der Waals surface area contributed by atoms with Crippen molar-refractivity contribution in [2.45, 2.75) is 31.1 Å². The smallest absolute Gasteiger partial charge is 0.265 e. The summed E-state index contributed by atoms with van der Waals surface area (Å²) in [5, 5.41) is 2.80. The number of carbonyl (C=O) groups is 1. The Morgan fingerprint density at radius 3 is 2.44 bits per heavy atom. The van der Waals surface area contributed by atoms with Gasteiger partial charge in [-0.2, -0.15) is 0 Å². The second kappa shape index (κ2) is 8.74. The Labute approximate surface area is 187 Å². The number of halogens is 1. The van der Waals surface area contributed by atoms with E-state index in [0.717, 1.165) is 9.87 Å². The molecule has 0 fully saturated rings. The van der Waals surface area contributed by atoms with E-state index in [1.54, 1.807) is 18.2 Å². The molecule has 0 unspecified atom stereocenters. The lowest BCUT2D eigenvalue weighted by Crippen LogP contribution is -2.43. The fraction of sp³-hybridized carbons (Fsp3) is 0.240. The van der Waals surface area contributed by atoms with Crippen LogP contribution in [0, 0.1) is 5.82 Å². The highest BCUT2D eigenvalue weighted by molar-refractivity contribution is 7.93. The molecule has 3 aromatic rings. The van der Waals surface area contributed by atoms with Crippen molar-refractivity contribution in [1.29, 1.82) is 0 Å². The average Bonchev–Trinajstić information content (AvgIpc) is 2.77. The number of amides is 1. The van der Waals surface area contributed by atoms with Crippen LogP contribution in [0.4, 0.5) is 10.1 Å². The van der Waals surface area contributed by atoms with Crippen molar-refractivity contribution in [3.8, 4) is 11.1 Å². The van der Waals surface area contributed by atoms with E-state index in [9.17, 15) is 17.6 Å². The molecule has 0 bridgehead atoms. The molecule has 1 aliphatic heterocycles. The second-order valence-electron chi connectivity index (χ2n) is 8.17. The fourth-order valence-electron chi connectivity index (χ4n) is 3.88. The highest BCUT2D eigenvalue weighted by Crippen LogP contribution is 2.42. The first kappa shape index (κ1) is 22.0. The van der Waals surface area contributed by atoms with E-state index in [1.165, 1.54) is 29.8 Å². The minimum absolute atomic E-state index is 0.0659. The van der Waals surface area contributed by atoms with Gasteiger partial charge in [-0.05, 0) is 47.7 Å². The van der Waals surface area contributed by atoms with E-state index in [2.05, 4.69) is 31.3 Å². The zero-order valence-electron chi connectivity index (χ0n) is 18.0. The third-order valence-electron chi connectivity index (χ3n) is 5.64. The minimum Gasteiger partial charge on any atom is -0.354 e. The number of anilines is 1. The molecule has 3 aromatic carbocycles. The molecule has 0 aliphatic carbocycles. The quantitative estimate of drug-likeness (QED) is 0.600. The van der Waals surface area contributed by atoms with Crippen LogP contribution >= 0.6 is 0 Å². The number of fused-ring (bicyclic) bond motifs is 3. The van der Waals surface area contributed by atoms with Crippen LogP contribution in [0.1, 0.15) is 30.9 Å². The molecule has 1 N–H and O–H groups in total. The zero-order chi connectivity index (χ0) is 22.9. The Balaban J connectivity index is 1.49. The van der Waals surface area contributed by atoms with Crippen molar-refractivity contribution < 1.29 is 17.6 Å². The van der Waals surface area contributed by atoms with Gasteiger partial charge in [0.15, 0.2) is 0 Å². The number of carbonyl (C=O) groups excluding carboxylic acids is 1. The van der Waals surface area contributed by atoms with Crippen molar-refractivity contribution in [3.63, 3.8) is 0 Å². The van der Waals surface area contributed by atoms with Gasteiger partial charge in [-0.25, -0.2) is 12.8 Å². The summed E-state index contributed by atoms with van der Waals surface area (Å²) in [6.07, 6.45) is 0.640. The van der Waals surface area contributed by atoms with Crippen LogP contribution in [-0.4, -0.2) is 27.4 Å². The fourth-order valence-corrected chi connectivity index (χ4v) is 5.52. The Bertz CT molecular complexity index is 1250. The standard InChI is InChI=1S/C25H25FN2O3S/c1-17(2)19-9-7-18(8-10-19)13-14-27-25(29)16-28-23-12-11-20(26)15-22(23)21-5-3-4-6-24(21)32(28,30)31/h3-12,15,17H,13-14,16H2,1-2H3,(H,27,29). The minimum atomic E-state index is -3.94. The summed E-state index contributed by atoms with van der Waals surface area (Å²) in [7, 11) is -3.94. The maximum atomic E-state index is 13.9. The predicted octanol–water partition coefficient (Wildman–Crippen LogP) is 4.48. The highest BCUT2D eigenvalue weighted by Gasteiger charge is 2.35. The van der Waals surface area contributed by atoms with Crippen molar-refractivity contribution in [1.82, 2.24) is 5.32 Å². The molecule has 0 spiro atoms. The van der Waals surface area contributed by atoms with Crippen molar-refractivity contribution >= 4 is 21.6 Å². The van der Waals surface area contributed by atoms with Crippen molar-refractivity contribution in [2.75, 3.05) is 17.4 Å². The number of rotatable bonds is 6. The van der Waals surface area contributed by atoms with Crippen LogP contribution < -0.4 is 9.62 Å². The number of sulfonamides is 1. The Morgan fingerprint density at radius 2 is 1.72 bits per heavy atom. The summed E-state index contributed by atoms with van der Waals surface area (Å²) in [6, 6.07) is 18.6. The maximum absolute atomic E-state index is 13.9. The van der Waals surface area contributed by atoms with E-state index in [1.807, 2.05) is 12.1 Å². The molecular weight excluding hydrogens is 427 g/mol. The van der Waals surface area contributed by atoms with E-state index in [0.29, 0.717) is 35.7 Å². The van der Waals surface area contributed by atoms with Gasteiger partial charge in [-0.15, -0.1) is 0 Å². The van der Waals surface area contributed by atoms with Crippen LogP contribution in [0.5, 0.6) is 0 Å². The Morgan fingerprint density at radius 1 is 1.00 bits per heavy atom. The monoisotopic (exact) mass is 452 g/mol. The topological polar surface area (TPSA) is 66.5 Å². The number of hydrogen-bond acceptors (Lipinski definition) is 3. The highest BCUT2D eigenvalue weighted by atomic mass is 32.2. The lowest BCUT2D eigenvalue weighted by atomic mass is 10.0. The predicted molar refractivity (Wildman–Crippen MR) is 124 cm³/mol. The summed E-state index contributed by atoms with van der Waals surface area (Å²) in [4.78, 5) is 12.7. The van der Waals surface area contributed by atoms with E-state index >= 15 is 0 Å². The third kappa shape index (κ3) is 4.25. The molecule has 32 heavy (non-hydrogen) atoms. The first-order chi connectivity index (χ1) is 15.3. The summed E-state index contributed by atoms with van der Waals surface area (Å²) in [5.74, 6) is -0.426. The van der Waals surface area contributed by atoms with Gasteiger partial charge in [0.25, 0.3) is 10.0 Å². The normalized spacial score (nSPS) is 14.1. The van der Waals surface area contributed by atoms with Gasteiger partial charge in [0, 0.05) is 17.7 Å². The molecule has 1 aliphatic rings. The van der Waals surface area contributed by atoms with E-state index in [-0.39, 0.29) is 11.4 Å². The van der Waals surface area contributed by atoms with Crippen LogP contribution in [0.3, 0.4) is 0 Å². The van der Waals surface area contributed by atoms with Gasteiger partial charge in [0.1, 0.15) is 12.4 Å². The van der Waals surface area contributed by atoms with Crippen molar-refractivity contribution in [3.05, 3.63) is 83.7 Å². The summed E-state index contributed by atoms with van der Waals surface area (Å²) in [5.41, 5.74) is 3.53. The summed E-state index contributed by atoms with van der Waals surface area (Å²) in [6.45, 7) is 4.28. The van der Waals surface area contributed by atoms with Crippen LogP contribution in [0.15, 0.2) is 71.6 Å². The number of nitrogens with one attached hydrogen (secondary N) is 1. The first-order valence-corrected chi connectivity index (χ1v) is 12.0. The van der Waals surface area contributed by atoms with Gasteiger partial charge >= 0.3 is 0 Å². The van der Waals surface area contributed by atoms with Crippen molar-refractivity contribution in [2.24, 2.45) is 0 Å². The van der Waals surface area contributed by atoms with Gasteiger partial charge in [-0.3, -0.25) is 9.10 Å². The molecule has 5 nitrogen and oxygen atoms in total. The Hall–Kier alpha value is -3.19. The zero-order valence-corrected chi connectivity index (χ0v) is 18.8. The molecule has 1 heterocycles. The Kier molecular flexibility index (Phi) is 6.02. The SMILES string of the molecule is CC(C)c1ccc(CCNC(=O)CN2c3ccc(F)cc3-c3ccccc3S2(=O)=O)cc1. The number of nitrogens with zero attached hydrogens (tertiary/aromatic N) is 1. The lowest BCUT2D eigenvalue weighted by molar-refractivity contribution is -0.119. The molecule has 7 heteroatoms. The molecule has 0 saturated carbocycles. The van der Waals surface area contributed by atoms with E-state index < -0.39 is 21.7 Å². The molecule has 0 atom stereocenters. The summed E-state index contributed by atoms with van der Waals surface area (Å²) < 4.78 is 41.4. The van der Waals surface area contributed by atoms with Crippen LogP contribution in [-0.2, 0) is 21.2 Å². The molecule has 166 valence electrons. The number of hydrogen-bond donors (Lipinski definition) is 1. The molecular formula is C25H25FN2O3S. The molecule has 4 rings (SSSR count). The lowest BCUT2D eigenvalue weighted by Gasteiger charge is -2.31. The van der Waals surface area contributed by atoms with Crippen LogP contribution in [0.25, 0.3) is 11.1 Å². The van der Waals surface area contributed by atoms with E-state index in [4.69, 9.17) is 0 Å². The maximum Gasteiger partial charge on any atom is 0.265 e. The number of benzene rings is 3. The largest absolute Gasteiger partial charge is 0.354 e.